The van der Waals surface area contributed by atoms with Crippen molar-refractivity contribution in [3.63, 3.8) is 0 Å². The average Bonchev–Trinajstić information content (AvgIpc) is 2.58. The zero-order valence-electron chi connectivity index (χ0n) is 10.4. The van der Waals surface area contributed by atoms with Gasteiger partial charge in [-0.1, -0.05) is 42.5 Å². The molecule has 1 saturated carbocycles. The summed E-state index contributed by atoms with van der Waals surface area (Å²) < 4.78 is 13.1. The fraction of sp³-hybridized carbons (Fsp3) is 0.500. The summed E-state index contributed by atoms with van der Waals surface area (Å²) in [6.07, 6.45) is 5.07. The molecular formula is C14H15Cl2FN2. The zero-order valence-corrected chi connectivity index (χ0v) is 11.9. The molecule has 2 rings (SSSR count). The van der Waals surface area contributed by atoms with Crippen molar-refractivity contribution in [1.82, 2.24) is 0 Å². The number of nitrogens with one attached hydrogen (secondary N) is 1. The van der Waals surface area contributed by atoms with Crippen molar-refractivity contribution in [2.24, 2.45) is 5.92 Å². The van der Waals surface area contributed by atoms with Crippen molar-refractivity contribution in [2.75, 3.05) is 5.32 Å². The molecule has 0 aromatic heterocycles. The monoisotopic (exact) mass is 300 g/mol. The fourth-order valence-electron chi connectivity index (χ4n) is 2.50. The number of anilines is 1. The van der Waals surface area contributed by atoms with E-state index in [9.17, 15) is 9.65 Å². The van der Waals surface area contributed by atoms with Gasteiger partial charge in [-0.15, -0.1) is 0 Å². The van der Waals surface area contributed by atoms with E-state index < -0.39 is 5.82 Å². The summed E-state index contributed by atoms with van der Waals surface area (Å²) in [5, 5.41) is 13.0. The smallest absolute Gasteiger partial charge is 0.126 e. The van der Waals surface area contributed by atoms with E-state index in [0.717, 1.165) is 32.1 Å². The molecule has 1 aliphatic rings. The minimum atomic E-state index is -0.460. The molecule has 102 valence electrons. The van der Waals surface area contributed by atoms with E-state index in [1.807, 2.05) is 0 Å². The Morgan fingerprint density at radius 2 is 1.79 bits per heavy atom. The van der Waals surface area contributed by atoms with Gasteiger partial charge in [0.25, 0.3) is 0 Å². The molecule has 1 N–H and O–H groups in total. The molecule has 0 saturated heterocycles. The molecule has 0 amide bonds. The number of nitrogens with zero attached hydrogens (tertiary/aromatic N) is 1. The van der Waals surface area contributed by atoms with Crippen LogP contribution in [-0.2, 0) is 0 Å². The van der Waals surface area contributed by atoms with Gasteiger partial charge in [-0.25, -0.2) is 4.39 Å². The standard InChI is InChI=1S/C14H15Cl2FN2/c15-11-6-10(17)7-12(16)14(11)19-13-5-3-1-2-4-9(13)8-18/h6-7,9,13,19H,1-5H2. The maximum absolute atomic E-state index is 13.1. The van der Waals surface area contributed by atoms with Crippen LogP contribution in [0.4, 0.5) is 10.1 Å². The molecule has 0 bridgehead atoms. The molecule has 2 nitrogen and oxygen atoms in total. The number of halogens is 3. The van der Waals surface area contributed by atoms with Gasteiger partial charge in [0.05, 0.1) is 27.7 Å². The first-order valence-electron chi connectivity index (χ1n) is 6.42. The van der Waals surface area contributed by atoms with Crippen LogP contribution in [0.2, 0.25) is 10.0 Å². The zero-order chi connectivity index (χ0) is 13.8. The summed E-state index contributed by atoms with van der Waals surface area (Å²) in [6, 6.07) is 4.82. The normalized spacial score (nSPS) is 23.5. The Bertz CT molecular complexity index is 476. The Balaban J connectivity index is 2.22. The lowest BCUT2D eigenvalue weighted by molar-refractivity contribution is 0.514. The molecule has 0 radical (unpaired) electrons. The Hall–Kier alpha value is -0.980. The quantitative estimate of drug-likeness (QED) is 0.779. The van der Waals surface area contributed by atoms with Crippen LogP contribution in [-0.4, -0.2) is 6.04 Å². The fourth-order valence-corrected chi connectivity index (χ4v) is 3.07. The molecule has 0 aliphatic heterocycles. The van der Waals surface area contributed by atoms with Crippen molar-refractivity contribution in [3.8, 4) is 6.07 Å². The highest BCUT2D eigenvalue weighted by Gasteiger charge is 2.24. The van der Waals surface area contributed by atoms with Crippen LogP contribution in [0, 0.1) is 23.1 Å². The van der Waals surface area contributed by atoms with Crippen LogP contribution in [0.25, 0.3) is 0 Å². The summed E-state index contributed by atoms with van der Waals surface area (Å²) in [7, 11) is 0. The molecule has 1 fully saturated rings. The number of hydrogen-bond acceptors (Lipinski definition) is 2. The van der Waals surface area contributed by atoms with Crippen LogP contribution in [0.5, 0.6) is 0 Å². The second-order valence-corrected chi connectivity index (χ2v) is 5.68. The summed E-state index contributed by atoms with van der Waals surface area (Å²) in [4.78, 5) is 0. The third-order valence-electron chi connectivity index (χ3n) is 3.52. The largest absolute Gasteiger partial charge is 0.379 e. The van der Waals surface area contributed by atoms with Gasteiger partial charge >= 0.3 is 0 Å². The first-order valence-corrected chi connectivity index (χ1v) is 7.18. The lowest BCUT2D eigenvalue weighted by Crippen LogP contribution is -2.27. The Morgan fingerprint density at radius 1 is 1.16 bits per heavy atom. The molecule has 2 atom stereocenters. The molecule has 19 heavy (non-hydrogen) atoms. The van der Waals surface area contributed by atoms with E-state index in [-0.39, 0.29) is 22.0 Å². The summed E-state index contributed by atoms with van der Waals surface area (Å²) >= 11 is 12.0. The van der Waals surface area contributed by atoms with E-state index in [4.69, 9.17) is 23.2 Å². The molecule has 1 aliphatic carbocycles. The van der Waals surface area contributed by atoms with Crippen molar-refractivity contribution >= 4 is 28.9 Å². The summed E-state index contributed by atoms with van der Waals surface area (Å²) in [5.74, 6) is -0.516. The van der Waals surface area contributed by atoms with Gasteiger partial charge in [-0.3, -0.25) is 0 Å². The minimum Gasteiger partial charge on any atom is -0.379 e. The number of nitriles is 1. The summed E-state index contributed by atoms with van der Waals surface area (Å²) in [6.45, 7) is 0. The number of benzene rings is 1. The van der Waals surface area contributed by atoms with Gasteiger partial charge in [-0.05, 0) is 25.0 Å². The second-order valence-electron chi connectivity index (χ2n) is 4.87. The van der Waals surface area contributed by atoms with Gasteiger partial charge < -0.3 is 5.32 Å². The number of rotatable bonds is 2. The maximum Gasteiger partial charge on any atom is 0.126 e. The van der Waals surface area contributed by atoms with E-state index in [0.29, 0.717) is 5.69 Å². The van der Waals surface area contributed by atoms with Gasteiger partial charge in [0.15, 0.2) is 0 Å². The van der Waals surface area contributed by atoms with Crippen LogP contribution in [0.3, 0.4) is 0 Å². The molecule has 1 aromatic carbocycles. The molecule has 0 spiro atoms. The van der Waals surface area contributed by atoms with E-state index in [1.54, 1.807) is 0 Å². The van der Waals surface area contributed by atoms with E-state index >= 15 is 0 Å². The van der Waals surface area contributed by atoms with Gasteiger partial charge in [0.2, 0.25) is 0 Å². The predicted molar refractivity (Wildman–Crippen MR) is 76.0 cm³/mol. The highest BCUT2D eigenvalue weighted by molar-refractivity contribution is 6.39. The minimum absolute atomic E-state index is 0.0213. The molecule has 2 unspecified atom stereocenters. The van der Waals surface area contributed by atoms with Crippen molar-refractivity contribution in [1.29, 1.82) is 5.26 Å². The van der Waals surface area contributed by atoms with Crippen LogP contribution in [0.15, 0.2) is 12.1 Å². The molecular weight excluding hydrogens is 286 g/mol. The Morgan fingerprint density at radius 3 is 2.42 bits per heavy atom. The SMILES string of the molecule is N#CC1CCCCCC1Nc1c(Cl)cc(F)cc1Cl. The second kappa shape index (κ2) is 6.45. The van der Waals surface area contributed by atoms with Gasteiger partial charge in [0.1, 0.15) is 5.82 Å². The first-order chi connectivity index (χ1) is 9.11. The van der Waals surface area contributed by atoms with E-state index in [1.165, 1.54) is 12.1 Å². The molecule has 0 heterocycles. The third-order valence-corrected chi connectivity index (χ3v) is 4.11. The van der Waals surface area contributed by atoms with Crippen LogP contribution < -0.4 is 5.32 Å². The highest BCUT2D eigenvalue weighted by Crippen LogP contribution is 2.34. The summed E-state index contributed by atoms with van der Waals surface area (Å²) in [5.41, 5.74) is 0.525. The Kier molecular flexibility index (Phi) is 4.90. The lowest BCUT2D eigenvalue weighted by Gasteiger charge is -2.23. The van der Waals surface area contributed by atoms with Gasteiger partial charge in [-0.2, -0.15) is 5.26 Å². The topological polar surface area (TPSA) is 35.8 Å². The lowest BCUT2D eigenvalue weighted by atomic mass is 9.96. The molecule has 1 aromatic rings. The van der Waals surface area contributed by atoms with Crippen LogP contribution >= 0.6 is 23.2 Å². The molecule has 5 heteroatoms. The highest BCUT2D eigenvalue weighted by atomic mass is 35.5. The van der Waals surface area contributed by atoms with Crippen molar-refractivity contribution in [2.45, 2.75) is 38.1 Å². The Labute approximate surface area is 122 Å². The van der Waals surface area contributed by atoms with E-state index in [2.05, 4.69) is 11.4 Å². The average molecular weight is 301 g/mol. The van der Waals surface area contributed by atoms with Gasteiger partial charge in [0, 0.05) is 6.04 Å². The number of hydrogen-bond donors (Lipinski definition) is 1. The first kappa shape index (κ1) is 14.4. The maximum atomic E-state index is 13.1. The van der Waals surface area contributed by atoms with Crippen molar-refractivity contribution < 1.29 is 4.39 Å². The van der Waals surface area contributed by atoms with Crippen LogP contribution in [0.1, 0.15) is 32.1 Å². The van der Waals surface area contributed by atoms with Crippen molar-refractivity contribution in [3.05, 3.63) is 28.0 Å². The third kappa shape index (κ3) is 3.52. The predicted octanol–water partition coefficient (Wildman–Crippen LogP) is 5.02.